The highest BCUT2D eigenvalue weighted by Gasteiger charge is 2.36. The van der Waals surface area contributed by atoms with Gasteiger partial charge in [0.15, 0.2) is 0 Å². The summed E-state index contributed by atoms with van der Waals surface area (Å²) in [5.74, 6) is 0.210. The molecule has 1 fully saturated rings. The van der Waals surface area contributed by atoms with Gasteiger partial charge in [0, 0.05) is 25.6 Å². The molecule has 2 aliphatic heterocycles. The third kappa shape index (κ3) is 4.60. The quantitative estimate of drug-likeness (QED) is 0.740. The second kappa shape index (κ2) is 9.96. The van der Waals surface area contributed by atoms with Crippen LogP contribution in [0.1, 0.15) is 30.5 Å². The molecule has 4 rings (SSSR count). The van der Waals surface area contributed by atoms with E-state index in [1.165, 1.54) is 11.1 Å². The molecule has 6 nitrogen and oxygen atoms in total. The number of carbonyl (C=O) groups is 2. The zero-order chi connectivity index (χ0) is 20.2. The molecule has 0 aliphatic carbocycles. The van der Waals surface area contributed by atoms with Crippen molar-refractivity contribution in [1.82, 2.24) is 10.6 Å². The Kier molecular flexibility index (Phi) is 7.34. The Morgan fingerprint density at radius 2 is 1.97 bits per heavy atom. The number of benzene rings is 2. The monoisotopic (exact) mass is 429 g/mol. The van der Waals surface area contributed by atoms with Crippen LogP contribution in [0.4, 0.5) is 5.69 Å². The summed E-state index contributed by atoms with van der Waals surface area (Å²) in [5, 5.41) is 6.53. The van der Waals surface area contributed by atoms with Crippen molar-refractivity contribution in [2.45, 2.75) is 25.8 Å². The van der Waals surface area contributed by atoms with Gasteiger partial charge in [-0.05, 0) is 43.1 Å². The van der Waals surface area contributed by atoms with E-state index in [9.17, 15) is 9.59 Å². The molecule has 30 heavy (non-hydrogen) atoms. The average molecular weight is 430 g/mol. The van der Waals surface area contributed by atoms with E-state index in [2.05, 4.69) is 28.8 Å². The second-order valence-electron chi connectivity index (χ2n) is 7.51. The van der Waals surface area contributed by atoms with E-state index in [4.69, 9.17) is 4.74 Å². The predicted molar refractivity (Wildman–Crippen MR) is 119 cm³/mol. The number of hydrogen-bond donors (Lipinski definition) is 2. The molecule has 1 saturated heterocycles. The minimum absolute atomic E-state index is 0. The van der Waals surface area contributed by atoms with Crippen LogP contribution in [0.25, 0.3) is 0 Å². The van der Waals surface area contributed by atoms with Crippen LogP contribution < -0.4 is 20.3 Å². The second-order valence-corrected chi connectivity index (χ2v) is 7.51. The summed E-state index contributed by atoms with van der Waals surface area (Å²) in [6, 6.07) is 15.9. The Bertz CT molecular complexity index is 905. The fraction of sp³-hybridized carbons (Fsp3) is 0.391. The third-order valence-electron chi connectivity index (χ3n) is 5.65. The number of nitrogens with zero attached hydrogens (tertiary/aromatic N) is 1. The molecule has 0 saturated carbocycles. The molecular formula is C23H28ClN3O3. The maximum atomic E-state index is 12.8. The largest absolute Gasteiger partial charge is 0.492 e. The van der Waals surface area contributed by atoms with Crippen molar-refractivity contribution in [2.24, 2.45) is 5.92 Å². The molecule has 2 heterocycles. The van der Waals surface area contributed by atoms with E-state index in [1.54, 1.807) is 4.90 Å². The number of amides is 2. The number of fused-ring (bicyclic) bond motifs is 1. The van der Waals surface area contributed by atoms with E-state index in [-0.39, 0.29) is 42.6 Å². The molecule has 2 unspecified atom stereocenters. The number of para-hydroxylation sites is 2. The van der Waals surface area contributed by atoms with E-state index in [0.717, 1.165) is 18.7 Å². The van der Waals surface area contributed by atoms with Crippen LogP contribution in [-0.4, -0.2) is 38.1 Å². The number of rotatable bonds is 6. The molecule has 2 aliphatic rings. The summed E-state index contributed by atoms with van der Waals surface area (Å²) in [4.78, 5) is 27.0. The Labute approximate surface area is 183 Å². The normalized spacial score (nSPS) is 20.3. The predicted octanol–water partition coefficient (Wildman–Crippen LogP) is 2.86. The Morgan fingerprint density at radius 1 is 1.20 bits per heavy atom. The van der Waals surface area contributed by atoms with Crippen LogP contribution in [-0.2, 0) is 16.0 Å². The molecule has 0 spiro atoms. The average Bonchev–Trinajstić information content (AvgIpc) is 3.14. The lowest BCUT2D eigenvalue weighted by molar-refractivity contribution is -0.126. The van der Waals surface area contributed by atoms with Gasteiger partial charge in [0.1, 0.15) is 5.75 Å². The van der Waals surface area contributed by atoms with Gasteiger partial charge in [-0.25, -0.2) is 0 Å². The van der Waals surface area contributed by atoms with Crippen LogP contribution in [0.15, 0.2) is 48.5 Å². The SMILES string of the molecule is CCOc1ccccc1N1CC(C(=O)NCC2NCCc3ccccc32)CC1=O.Cl. The number of ether oxygens (including phenoxy) is 1. The topological polar surface area (TPSA) is 70.7 Å². The van der Waals surface area contributed by atoms with Gasteiger partial charge in [-0.2, -0.15) is 0 Å². The Morgan fingerprint density at radius 3 is 2.80 bits per heavy atom. The number of hydrogen-bond acceptors (Lipinski definition) is 4. The van der Waals surface area contributed by atoms with Crippen LogP contribution in [0.3, 0.4) is 0 Å². The summed E-state index contributed by atoms with van der Waals surface area (Å²) in [5.41, 5.74) is 3.31. The molecule has 2 N–H and O–H groups in total. The van der Waals surface area contributed by atoms with Gasteiger partial charge in [-0.15, -0.1) is 12.4 Å². The van der Waals surface area contributed by atoms with Crippen molar-refractivity contribution in [3.63, 3.8) is 0 Å². The lowest BCUT2D eigenvalue weighted by atomic mass is 9.94. The molecule has 2 amide bonds. The molecule has 7 heteroatoms. The first kappa shape index (κ1) is 22.1. The van der Waals surface area contributed by atoms with Gasteiger partial charge < -0.3 is 20.3 Å². The van der Waals surface area contributed by atoms with Crippen molar-refractivity contribution < 1.29 is 14.3 Å². The van der Waals surface area contributed by atoms with Gasteiger partial charge in [0.2, 0.25) is 11.8 Å². The van der Waals surface area contributed by atoms with Crippen LogP contribution in [0.5, 0.6) is 5.75 Å². The van der Waals surface area contributed by atoms with E-state index in [1.807, 2.05) is 37.3 Å². The van der Waals surface area contributed by atoms with Gasteiger partial charge in [-0.3, -0.25) is 9.59 Å². The van der Waals surface area contributed by atoms with E-state index >= 15 is 0 Å². The fourth-order valence-electron chi connectivity index (χ4n) is 4.20. The smallest absolute Gasteiger partial charge is 0.227 e. The number of anilines is 1. The number of nitrogens with one attached hydrogen (secondary N) is 2. The first-order valence-electron chi connectivity index (χ1n) is 10.3. The highest BCUT2D eigenvalue weighted by molar-refractivity contribution is 6.01. The van der Waals surface area contributed by atoms with Crippen molar-refractivity contribution in [1.29, 1.82) is 0 Å². The van der Waals surface area contributed by atoms with Crippen LogP contribution in [0.2, 0.25) is 0 Å². The minimum Gasteiger partial charge on any atom is -0.492 e. The Hall–Kier alpha value is -2.57. The number of carbonyl (C=O) groups excluding carboxylic acids is 2. The lowest BCUT2D eigenvalue weighted by Crippen LogP contribution is -2.41. The highest BCUT2D eigenvalue weighted by atomic mass is 35.5. The zero-order valence-electron chi connectivity index (χ0n) is 17.1. The van der Waals surface area contributed by atoms with Crippen molar-refractivity contribution in [2.75, 3.05) is 31.1 Å². The molecule has 0 bridgehead atoms. The van der Waals surface area contributed by atoms with E-state index < -0.39 is 0 Å². The Balaban J connectivity index is 0.00000256. The van der Waals surface area contributed by atoms with Crippen LogP contribution >= 0.6 is 12.4 Å². The van der Waals surface area contributed by atoms with Gasteiger partial charge in [0.25, 0.3) is 0 Å². The van der Waals surface area contributed by atoms with E-state index in [0.29, 0.717) is 25.4 Å². The van der Waals surface area contributed by atoms with Crippen LogP contribution in [0, 0.1) is 5.92 Å². The molecule has 2 atom stereocenters. The first-order valence-corrected chi connectivity index (χ1v) is 10.3. The highest BCUT2D eigenvalue weighted by Crippen LogP contribution is 2.33. The number of halogens is 1. The summed E-state index contributed by atoms with van der Waals surface area (Å²) in [6.45, 7) is 4.25. The van der Waals surface area contributed by atoms with Gasteiger partial charge in [0.05, 0.1) is 18.2 Å². The summed E-state index contributed by atoms with van der Waals surface area (Å²) >= 11 is 0. The molecular weight excluding hydrogens is 402 g/mol. The first-order chi connectivity index (χ1) is 14.2. The fourth-order valence-corrected chi connectivity index (χ4v) is 4.20. The molecule has 0 radical (unpaired) electrons. The molecule has 2 aromatic rings. The van der Waals surface area contributed by atoms with Crippen molar-refractivity contribution >= 4 is 29.9 Å². The minimum atomic E-state index is -0.351. The maximum Gasteiger partial charge on any atom is 0.227 e. The summed E-state index contributed by atoms with van der Waals surface area (Å²) < 4.78 is 5.65. The molecule has 2 aromatic carbocycles. The van der Waals surface area contributed by atoms with Crippen molar-refractivity contribution in [3.8, 4) is 5.75 Å². The van der Waals surface area contributed by atoms with Crippen molar-refractivity contribution in [3.05, 3.63) is 59.7 Å². The molecule has 160 valence electrons. The van der Waals surface area contributed by atoms with Gasteiger partial charge >= 0.3 is 0 Å². The van der Waals surface area contributed by atoms with Gasteiger partial charge in [-0.1, -0.05) is 36.4 Å². The summed E-state index contributed by atoms with van der Waals surface area (Å²) in [7, 11) is 0. The standard InChI is InChI=1S/C23H27N3O3.ClH/c1-2-29-21-10-6-5-9-20(21)26-15-17(13-22(26)27)23(28)25-14-19-18-8-4-3-7-16(18)11-12-24-19;/h3-10,17,19,24H,2,11-15H2,1H3,(H,25,28);1H. The lowest BCUT2D eigenvalue weighted by Gasteiger charge is -2.27. The zero-order valence-corrected chi connectivity index (χ0v) is 17.9. The summed E-state index contributed by atoms with van der Waals surface area (Å²) in [6.07, 6.45) is 1.23. The maximum absolute atomic E-state index is 12.8. The molecule has 0 aromatic heterocycles. The third-order valence-corrected chi connectivity index (χ3v) is 5.65.